The summed E-state index contributed by atoms with van der Waals surface area (Å²) in [6.45, 7) is -0.294. The van der Waals surface area contributed by atoms with Crippen LogP contribution in [0.2, 0.25) is 0 Å². The van der Waals surface area contributed by atoms with Gasteiger partial charge in [-0.1, -0.05) is 48.5 Å². The number of rotatable bonds is 8. The molecule has 0 aliphatic heterocycles. The number of amides is 1. The topological polar surface area (TPSA) is 75.7 Å². The smallest absolute Gasteiger partial charge is 0.243 e. The molecule has 1 amide bonds. The molecular formula is C23H24N2O4S. The predicted molar refractivity (Wildman–Crippen MR) is 117 cm³/mol. The third kappa shape index (κ3) is 5.25. The summed E-state index contributed by atoms with van der Waals surface area (Å²) < 4.78 is 31.6. The number of sulfonamides is 1. The van der Waals surface area contributed by atoms with E-state index in [-0.39, 0.29) is 11.4 Å². The van der Waals surface area contributed by atoms with Crippen LogP contribution in [-0.4, -0.2) is 39.3 Å². The lowest BCUT2D eigenvalue weighted by Gasteiger charge is -2.17. The number of ether oxygens (including phenoxy) is 1. The average Bonchev–Trinajstić information content (AvgIpc) is 2.75. The van der Waals surface area contributed by atoms with Crippen LogP contribution < -0.4 is 10.1 Å². The van der Waals surface area contributed by atoms with Gasteiger partial charge in [-0.3, -0.25) is 4.79 Å². The Morgan fingerprint density at radius 2 is 1.60 bits per heavy atom. The van der Waals surface area contributed by atoms with E-state index in [1.165, 1.54) is 19.2 Å². The van der Waals surface area contributed by atoms with Crippen molar-refractivity contribution in [2.75, 3.05) is 26.0 Å². The zero-order valence-electron chi connectivity index (χ0n) is 16.9. The molecule has 156 valence electrons. The Labute approximate surface area is 177 Å². The predicted octanol–water partition coefficient (Wildman–Crippen LogP) is 3.55. The number of methoxy groups -OCH3 is 1. The second kappa shape index (κ2) is 9.56. The van der Waals surface area contributed by atoms with E-state index in [9.17, 15) is 13.2 Å². The van der Waals surface area contributed by atoms with Crippen molar-refractivity contribution >= 4 is 21.6 Å². The van der Waals surface area contributed by atoms with Gasteiger partial charge in [-0.15, -0.1) is 0 Å². The molecule has 30 heavy (non-hydrogen) atoms. The maximum Gasteiger partial charge on any atom is 0.243 e. The van der Waals surface area contributed by atoms with Gasteiger partial charge in [-0.2, -0.15) is 4.31 Å². The molecule has 0 radical (unpaired) electrons. The van der Waals surface area contributed by atoms with Gasteiger partial charge in [0.25, 0.3) is 0 Å². The molecule has 0 aromatic heterocycles. The molecule has 3 aromatic rings. The summed E-state index contributed by atoms with van der Waals surface area (Å²) in [5.74, 6) is 0.299. The van der Waals surface area contributed by atoms with Gasteiger partial charge in [0.05, 0.1) is 18.6 Å². The minimum absolute atomic E-state index is 0.148. The van der Waals surface area contributed by atoms with Gasteiger partial charge in [0.1, 0.15) is 5.75 Å². The van der Waals surface area contributed by atoms with Gasteiger partial charge in [0.2, 0.25) is 15.9 Å². The Bertz CT molecular complexity index is 1100. The minimum Gasteiger partial charge on any atom is -0.496 e. The van der Waals surface area contributed by atoms with Crippen molar-refractivity contribution in [1.29, 1.82) is 0 Å². The SMILES string of the molecule is COc1ccc(NC(=O)CN(C)S(=O)(=O)c2ccccc2)cc1Cc1ccccc1. The summed E-state index contributed by atoms with van der Waals surface area (Å²) in [6, 6.07) is 23.3. The van der Waals surface area contributed by atoms with Crippen LogP contribution in [0.3, 0.4) is 0 Å². The molecule has 7 heteroatoms. The number of carbonyl (C=O) groups is 1. The minimum atomic E-state index is -3.73. The Hall–Kier alpha value is -3.16. The normalized spacial score (nSPS) is 11.3. The summed E-state index contributed by atoms with van der Waals surface area (Å²) >= 11 is 0. The fourth-order valence-corrected chi connectivity index (χ4v) is 4.22. The van der Waals surface area contributed by atoms with Crippen LogP contribution in [0.25, 0.3) is 0 Å². The van der Waals surface area contributed by atoms with Crippen LogP contribution in [0.5, 0.6) is 5.75 Å². The van der Waals surface area contributed by atoms with Crippen LogP contribution in [0, 0.1) is 0 Å². The lowest BCUT2D eigenvalue weighted by molar-refractivity contribution is -0.116. The fraction of sp³-hybridized carbons (Fsp3) is 0.174. The van der Waals surface area contributed by atoms with Gasteiger partial charge in [0.15, 0.2) is 0 Å². The van der Waals surface area contributed by atoms with Crippen LogP contribution in [-0.2, 0) is 21.2 Å². The molecule has 0 saturated carbocycles. The molecule has 0 fully saturated rings. The van der Waals surface area contributed by atoms with E-state index in [4.69, 9.17) is 4.74 Å². The van der Waals surface area contributed by atoms with E-state index in [1.807, 2.05) is 36.4 Å². The maximum absolute atomic E-state index is 12.6. The number of carbonyl (C=O) groups excluding carboxylic acids is 1. The highest BCUT2D eigenvalue weighted by Crippen LogP contribution is 2.25. The number of anilines is 1. The van der Waals surface area contributed by atoms with E-state index in [2.05, 4.69) is 5.32 Å². The quantitative estimate of drug-likeness (QED) is 0.600. The van der Waals surface area contributed by atoms with Crippen molar-refractivity contribution in [3.8, 4) is 5.75 Å². The number of likely N-dealkylation sites (N-methyl/N-ethyl adjacent to an activating group) is 1. The first-order valence-corrected chi connectivity index (χ1v) is 10.9. The number of nitrogens with zero attached hydrogens (tertiary/aromatic N) is 1. The lowest BCUT2D eigenvalue weighted by atomic mass is 10.0. The van der Waals surface area contributed by atoms with Crippen LogP contribution in [0.15, 0.2) is 83.8 Å². The summed E-state index contributed by atoms with van der Waals surface area (Å²) in [7, 11) is -0.745. The highest BCUT2D eigenvalue weighted by Gasteiger charge is 2.22. The van der Waals surface area contributed by atoms with Crippen molar-refractivity contribution in [3.63, 3.8) is 0 Å². The van der Waals surface area contributed by atoms with E-state index in [1.54, 1.807) is 37.4 Å². The second-order valence-electron chi connectivity index (χ2n) is 6.81. The molecule has 0 saturated heterocycles. The first kappa shape index (κ1) is 21.5. The van der Waals surface area contributed by atoms with Crippen LogP contribution in [0.4, 0.5) is 5.69 Å². The van der Waals surface area contributed by atoms with E-state index in [0.717, 1.165) is 21.2 Å². The largest absolute Gasteiger partial charge is 0.496 e. The van der Waals surface area contributed by atoms with E-state index < -0.39 is 15.9 Å². The molecule has 0 aliphatic rings. The second-order valence-corrected chi connectivity index (χ2v) is 8.86. The van der Waals surface area contributed by atoms with Crippen LogP contribution in [0.1, 0.15) is 11.1 Å². The van der Waals surface area contributed by atoms with Gasteiger partial charge < -0.3 is 10.1 Å². The lowest BCUT2D eigenvalue weighted by Crippen LogP contribution is -2.34. The number of benzene rings is 3. The van der Waals surface area contributed by atoms with Gasteiger partial charge >= 0.3 is 0 Å². The molecule has 3 aromatic carbocycles. The molecule has 0 heterocycles. The third-order valence-corrected chi connectivity index (χ3v) is 6.44. The summed E-state index contributed by atoms with van der Waals surface area (Å²) in [5.41, 5.74) is 2.62. The van der Waals surface area contributed by atoms with Crippen molar-refractivity contribution in [2.24, 2.45) is 0 Å². The molecular weight excluding hydrogens is 400 g/mol. The highest BCUT2D eigenvalue weighted by molar-refractivity contribution is 7.89. The molecule has 3 rings (SSSR count). The Morgan fingerprint density at radius 1 is 0.967 bits per heavy atom. The van der Waals surface area contributed by atoms with Crippen molar-refractivity contribution in [1.82, 2.24) is 4.31 Å². The Morgan fingerprint density at radius 3 is 2.23 bits per heavy atom. The zero-order valence-corrected chi connectivity index (χ0v) is 17.7. The Balaban J connectivity index is 1.71. The van der Waals surface area contributed by atoms with E-state index in [0.29, 0.717) is 12.1 Å². The fourth-order valence-electron chi connectivity index (χ4n) is 3.07. The molecule has 0 atom stereocenters. The highest BCUT2D eigenvalue weighted by atomic mass is 32.2. The standard InChI is InChI=1S/C23H24N2O4S/c1-25(30(27,28)21-11-7-4-8-12-21)17-23(26)24-20-13-14-22(29-2)19(16-20)15-18-9-5-3-6-10-18/h3-14,16H,15,17H2,1-2H3,(H,24,26). The van der Waals surface area contributed by atoms with Crippen molar-refractivity contribution in [2.45, 2.75) is 11.3 Å². The van der Waals surface area contributed by atoms with Crippen LogP contribution >= 0.6 is 0 Å². The number of nitrogens with one attached hydrogen (secondary N) is 1. The van der Waals surface area contributed by atoms with Gasteiger partial charge in [-0.05, 0) is 35.9 Å². The molecule has 6 nitrogen and oxygen atoms in total. The monoisotopic (exact) mass is 424 g/mol. The molecule has 0 spiro atoms. The maximum atomic E-state index is 12.6. The number of hydrogen-bond acceptors (Lipinski definition) is 4. The third-order valence-electron chi connectivity index (χ3n) is 4.62. The van der Waals surface area contributed by atoms with Crippen molar-refractivity contribution < 1.29 is 17.9 Å². The summed E-state index contributed by atoms with van der Waals surface area (Å²) in [4.78, 5) is 12.6. The number of hydrogen-bond donors (Lipinski definition) is 1. The first-order valence-electron chi connectivity index (χ1n) is 9.42. The van der Waals surface area contributed by atoms with Crippen molar-refractivity contribution in [3.05, 3.63) is 90.0 Å². The zero-order chi connectivity index (χ0) is 21.6. The summed E-state index contributed by atoms with van der Waals surface area (Å²) in [6.07, 6.45) is 0.649. The van der Waals surface area contributed by atoms with Gasteiger partial charge in [0, 0.05) is 24.7 Å². The van der Waals surface area contributed by atoms with E-state index >= 15 is 0 Å². The van der Waals surface area contributed by atoms with Gasteiger partial charge in [-0.25, -0.2) is 8.42 Å². The molecule has 1 N–H and O–H groups in total. The molecule has 0 unspecified atom stereocenters. The average molecular weight is 425 g/mol. The summed E-state index contributed by atoms with van der Waals surface area (Å²) in [5, 5.41) is 2.77. The molecule has 0 bridgehead atoms. The Kier molecular flexibility index (Phi) is 6.87. The molecule has 0 aliphatic carbocycles. The first-order chi connectivity index (χ1) is 14.4.